The third-order valence-electron chi connectivity index (χ3n) is 8.09. The summed E-state index contributed by atoms with van der Waals surface area (Å²) in [6, 6.07) is 0. The van der Waals surface area contributed by atoms with Gasteiger partial charge in [0.05, 0.1) is 6.61 Å². The van der Waals surface area contributed by atoms with Crippen molar-refractivity contribution in [1.82, 2.24) is 0 Å². The van der Waals surface area contributed by atoms with E-state index >= 15 is 0 Å². The molecule has 0 rings (SSSR count). The number of rotatable bonds is 29. The van der Waals surface area contributed by atoms with Gasteiger partial charge in [0.25, 0.3) is 0 Å². The number of carbonyl (C=O) groups is 1. The molecular weight excluding hydrogens is 464 g/mol. The molecule has 0 amide bonds. The molecule has 0 aliphatic carbocycles. The van der Waals surface area contributed by atoms with Crippen molar-refractivity contribution in [3.05, 3.63) is 12.2 Å². The molecule has 0 saturated carbocycles. The molecule has 38 heavy (non-hydrogen) atoms. The minimum Gasteiger partial charge on any atom is -0.462 e. The Labute approximate surface area is 240 Å². The lowest BCUT2D eigenvalue weighted by Gasteiger charge is -2.17. The van der Waals surface area contributed by atoms with Crippen molar-refractivity contribution in [2.45, 2.75) is 189 Å². The lowest BCUT2D eigenvalue weighted by Crippen LogP contribution is -2.15. The Morgan fingerprint density at radius 3 is 1.03 bits per heavy atom. The first-order valence-corrected chi connectivity index (χ1v) is 17.2. The third kappa shape index (κ3) is 28.2. The van der Waals surface area contributed by atoms with Crippen molar-refractivity contribution in [3.8, 4) is 0 Å². The van der Waals surface area contributed by atoms with Gasteiger partial charge in [0.1, 0.15) is 0 Å². The molecule has 0 aliphatic heterocycles. The zero-order chi connectivity index (χ0) is 28.3. The van der Waals surface area contributed by atoms with E-state index in [1.807, 2.05) is 0 Å². The highest BCUT2D eigenvalue weighted by Gasteiger charge is 2.12. The van der Waals surface area contributed by atoms with Crippen LogP contribution in [0.15, 0.2) is 12.2 Å². The number of hydrogen-bond acceptors (Lipinski definition) is 2. The van der Waals surface area contributed by atoms with Crippen LogP contribution in [0.3, 0.4) is 0 Å². The van der Waals surface area contributed by atoms with Crippen molar-refractivity contribution in [2.75, 3.05) is 6.61 Å². The van der Waals surface area contributed by atoms with Crippen LogP contribution in [-0.2, 0) is 9.53 Å². The van der Waals surface area contributed by atoms with Gasteiger partial charge in [0.15, 0.2) is 0 Å². The predicted molar refractivity (Wildman–Crippen MR) is 170 cm³/mol. The number of hydrogen-bond donors (Lipinski definition) is 0. The van der Waals surface area contributed by atoms with Crippen LogP contribution in [0.25, 0.3) is 0 Å². The van der Waals surface area contributed by atoms with Crippen LogP contribution >= 0.6 is 0 Å². The minimum absolute atomic E-state index is 0.219. The van der Waals surface area contributed by atoms with Crippen LogP contribution in [0.1, 0.15) is 189 Å². The normalized spacial score (nSPS) is 12.4. The largest absolute Gasteiger partial charge is 0.462 e. The van der Waals surface area contributed by atoms with Crippen LogP contribution in [-0.4, -0.2) is 12.6 Å². The van der Waals surface area contributed by atoms with Gasteiger partial charge in [-0.15, -0.1) is 0 Å². The van der Waals surface area contributed by atoms with Crippen LogP contribution in [0, 0.1) is 17.8 Å². The van der Waals surface area contributed by atoms with E-state index in [0.29, 0.717) is 18.1 Å². The molecule has 0 bridgehead atoms. The summed E-state index contributed by atoms with van der Waals surface area (Å²) in [5.74, 6) is 2.03. The van der Waals surface area contributed by atoms with Crippen LogP contribution in [0.2, 0.25) is 0 Å². The summed E-state index contributed by atoms with van der Waals surface area (Å²) in [6.45, 7) is 15.4. The lowest BCUT2D eigenvalue weighted by atomic mass is 9.94. The molecule has 0 spiro atoms. The number of carbonyl (C=O) groups excluding carboxylic acids is 1. The minimum atomic E-state index is -0.219. The standard InChI is InChI=1S/C36H70O2/c1-32(2)27-23-19-15-11-8-7-9-13-17-21-25-29-35(31-38-36(37)34(5)6)30-26-22-18-14-10-12-16-20-24-28-33(3)4/h32-33,35H,5,7-31H2,1-4,6H3. The second-order valence-electron chi connectivity index (χ2n) is 13.3. The Balaban J connectivity index is 3.81. The Kier molecular flexibility index (Phi) is 27.2. The Bertz CT molecular complexity index is 521. The van der Waals surface area contributed by atoms with E-state index in [-0.39, 0.29) is 5.97 Å². The summed E-state index contributed by atoms with van der Waals surface area (Å²) in [5, 5.41) is 0. The molecule has 0 N–H and O–H groups in total. The molecule has 0 aliphatic rings. The van der Waals surface area contributed by atoms with E-state index in [1.54, 1.807) is 6.92 Å². The van der Waals surface area contributed by atoms with Gasteiger partial charge in [-0.2, -0.15) is 0 Å². The van der Waals surface area contributed by atoms with E-state index in [1.165, 1.54) is 154 Å². The van der Waals surface area contributed by atoms with Crippen LogP contribution < -0.4 is 0 Å². The Morgan fingerprint density at radius 1 is 0.500 bits per heavy atom. The van der Waals surface area contributed by atoms with Crippen molar-refractivity contribution in [2.24, 2.45) is 17.8 Å². The second-order valence-corrected chi connectivity index (χ2v) is 13.3. The van der Waals surface area contributed by atoms with Crippen molar-refractivity contribution >= 4 is 5.97 Å². The summed E-state index contributed by atoms with van der Waals surface area (Å²) in [7, 11) is 0. The van der Waals surface area contributed by atoms with E-state index in [9.17, 15) is 4.79 Å². The SMILES string of the molecule is C=C(C)C(=O)OCC(CCCCCCCCCCCCCC(C)C)CCCCCCCCCCCC(C)C. The van der Waals surface area contributed by atoms with Crippen molar-refractivity contribution < 1.29 is 9.53 Å². The first kappa shape index (κ1) is 37.2. The Morgan fingerprint density at radius 2 is 0.763 bits per heavy atom. The smallest absolute Gasteiger partial charge is 0.333 e. The fourth-order valence-corrected chi connectivity index (χ4v) is 5.43. The summed E-state index contributed by atoms with van der Waals surface area (Å²) < 4.78 is 5.55. The zero-order valence-electron chi connectivity index (χ0n) is 26.9. The predicted octanol–water partition coefficient (Wildman–Crippen LogP) is 12.4. The number of ether oxygens (including phenoxy) is 1. The number of esters is 1. The molecule has 0 saturated heterocycles. The van der Waals surface area contributed by atoms with Gasteiger partial charge in [0.2, 0.25) is 0 Å². The quantitative estimate of drug-likeness (QED) is 0.0541. The highest BCUT2D eigenvalue weighted by Crippen LogP contribution is 2.21. The van der Waals surface area contributed by atoms with E-state index in [2.05, 4.69) is 34.3 Å². The maximum Gasteiger partial charge on any atom is 0.333 e. The Hall–Kier alpha value is -0.790. The monoisotopic (exact) mass is 535 g/mol. The molecule has 0 aromatic heterocycles. The van der Waals surface area contributed by atoms with Crippen molar-refractivity contribution in [3.63, 3.8) is 0 Å². The molecule has 2 nitrogen and oxygen atoms in total. The van der Waals surface area contributed by atoms with Crippen LogP contribution in [0.4, 0.5) is 0 Å². The molecule has 226 valence electrons. The topological polar surface area (TPSA) is 26.3 Å². The summed E-state index contributed by atoms with van der Waals surface area (Å²) in [6.07, 6.45) is 33.0. The maximum atomic E-state index is 11.9. The van der Waals surface area contributed by atoms with Gasteiger partial charge >= 0.3 is 5.97 Å². The molecule has 0 aromatic rings. The zero-order valence-corrected chi connectivity index (χ0v) is 26.9. The summed E-state index contributed by atoms with van der Waals surface area (Å²) in [4.78, 5) is 11.9. The number of unbranched alkanes of at least 4 members (excludes halogenated alkanes) is 18. The second kappa shape index (κ2) is 27.8. The average molecular weight is 535 g/mol. The molecule has 0 radical (unpaired) electrons. The maximum absolute atomic E-state index is 11.9. The fraction of sp³-hybridized carbons (Fsp3) is 0.917. The van der Waals surface area contributed by atoms with E-state index in [0.717, 1.165) is 11.8 Å². The molecule has 2 heteroatoms. The van der Waals surface area contributed by atoms with Gasteiger partial charge in [-0.1, -0.05) is 176 Å². The fourth-order valence-electron chi connectivity index (χ4n) is 5.43. The van der Waals surface area contributed by atoms with Crippen molar-refractivity contribution in [1.29, 1.82) is 0 Å². The highest BCUT2D eigenvalue weighted by atomic mass is 16.5. The van der Waals surface area contributed by atoms with E-state index < -0.39 is 0 Å². The molecule has 0 fully saturated rings. The van der Waals surface area contributed by atoms with Gasteiger partial charge in [0, 0.05) is 5.57 Å². The molecule has 0 aromatic carbocycles. The molecule has 1 unspecified atom stereocenters. The van der Waals surface area contributed by atoms with E-state index in [4.69, 9.17) is 4.74 Å². The molecule has 1 atom stereocenters. The lowest BCUT2D eigenvalue weighted by molar-refractivity contribution is -0.140. The van der Waals surface area contributed by atoms with Crippen LogP contribution in [0.5, 0.6) is 0 Å². The van der Waals surface area contributed by atoms with Gasteiger partial charge in [-0.05, 0) is 37.5 Å². The summed E-state index contributed by atoms with van der Waals surface area (Å²) in [5.41, 5.74) is 0.517. The van der Waals surface area contributed by atoms with Gasteiger partial charge < -0.3 is 4.74 Å². The molecular formula is C36H70O2. The molecule has 0 heterocycles. The van der Waals surface area contributed by atoms with Gasteiger partial charge in [-0.3, -0.25) is 0 Å². The first-order chi connectivity index (χ1) is 18.3. The van der Waals surface area contributed by atoms with Gasteiger partial charge in [-0.25, -0.2) is 4.79 Å². The first-order valence-electron chi connectivity index (χ1n) is 17.2. The third-order valence-corrected chi connectivity index (χ3v) is 8.09. The highest BCUT2D eigenvalue weighted by molar-refractivity contribution is 5.86. The average Bonchev–Trinajstić information content (AvgIpc) is 2.87. The summed E-state index contributed by atoms with van der Waals surface area (Å²) >= 11 is 0.